The van der Waals surface area contributed by atoms with Crippen molar-refractivity contribution in [2.45, 2.75) is 31.9 Å². The Bertz CT molecular complexity index is 123. The molecule has 2 aliphatic heterocycles. The molecule has 0 amide bonds. The molecule has 0 radical (unpaired) electrons. The van der Waals surface area contributed by atoms with Gasteiger partial charge in [-0.2, -0.15) is 0 Å². The second-order valence-corrected chi connectivity index (χ2v) is 3.65. The molecular weight excluding hydrogens is 126 g/mol. The first-order valence-corrected chi connectivity index (χ1v) is 4.21. The second kappa shape index (κ2) is 2.21. The zero-order valence-electron chi connectivity index (χ0n) is 6.45. The van der Waals surface area contributed by atoms with Crippen LogP contribution in [0.5, 0.6) is 0 Å². The van der Waals surface area contributed by atoms with Gasteiger partial charge in [-0.05, 0) is 25.3 Å². The summed E-state index contributed by atoms with van der Waals surface area (Å²) in [6.45, 7) is 4.58. The van der Waals surface area contributed by atoms with E-state index in [2.05, 4.69) is 11.8 Å². The summed E-state index contributed by atoms with van der Waals surface area (Å²) in [6.07, 6.45) is 2.24. The van der Waals surface area contributed by atoms with Crippen LogP contribution in [0.25, 0.3) is 0 Å². The highest BCUT2D eigenvalue weighted by molar-refractivity contribution is 4.94. The first kappa shape index (κ1) is 6.62. The van der Waals surface area contributed by atoms with Crippen LogP contribution in [-0.4, -0.2) is 35.2 Å². The molecule has 10 heavy (non-hydrogen) atoms. The third-order valence-corrected chi connectivity index (χ3v) is 2.98. The average Bonchev–Trinajstić information content (AvgIpc) is 2.40. The molecule has 0 bridgehead atoms. The molecule has 0 aromatic rings. The van der Waals surface area contributed by atoms with Crippen molar-refractivity contribution in [1.29, 1.82) is 0 Å². The zero-order valence-corrected chi connectivity index (χ0v) is 6.45. The van der Waals surface area contributed by atoms with Gasteiger partial charge in [-0.3, -0.25) is 4.90 Å². The van der Waals surface area contributed by atoms with Crippen molar-refractivity contribution in [1.82, 2.24) is 4.90 Å². The van der Waals surface area contributed by atoms with E-state index in [0.717, 1.165) is 18.9 Å². The molecule has 3 atom stereocenters. The smallest absolute Gasteiger partial charge is 0.0710 e. The minimum atomic E-state index is -0.0301. The van der Waals surface area contributed by atoms with Crippen LogP contribution in [0, 0.1) is 5.92 Å². The fourth-order valence-corrected chi connectivity index (χ4v) is 2.40. The molecule has 2 fully saturated rings. The van der Waals surface area contributed by atoms with Gasteiger partial charge in [0, 0.05) is 12.6 Å². The summed E-state index contributed by atoms with van der Waals surface area (Å²) in [5.74, 6) is 0.720. The van der Waals surface area contributed by atoms with Gasteiger partial charge in [-0.1, -0.05) is 6.92 Å². The molecule has 2 heteroatoms. The van der Waals surface area contributed by atoms with Crippen molar-refractivity contribution in [3.05, 3.63) is 0 Å². The molecule has 1 unspecified atom stereocenters. The molecule has 2 saturated heterocycles. The summed E-state index contributed by atoms with van der Waals surface area (Å²) in [6, 6.07) is 0.500. The van der Waals surface area contributed by atoms with Crippen LogP contribution in [0.4, 0.5) is 0 Å². The SMILES string of the molecule is CC1CCN2CC[C@@H](O)[C@@H]12. The first-order chi connectivity index (χ1) is 4.79. The van der Waals surface area contributed by atoms with Gasteiger partial charge in [-0.15, -0.1) is 0 Å². The Labute approximate surface area is 61.8 Å². The van der Waals surface area contributed by atoms with Gasteiger partial charge < -0.3 is 5.11 Å². The fraction of sp³-hybridized carbons (Fsp3) is 1.00. The summed E-state index contributed by atoms with van der Waals surface area (Å²) in [5.41, 5.74) is 0. The number of fused-ring (bicyclic) bond motifs is 1. The number of hydrogen-bond acceptors (Lipinski definition) is 2. The number of hydrogen-bond donors (Lipinski definition) is 1. The normalized spacial score (nSPS) is 48.0. The van der Waals surface area contributed by atoms with E-state index in [1.165, 1.54) is 13.0 Å². The molecule has 0 aromatic heterocycles. The molecule has 2 aliphatic rings. The van der Waals surface area contributed by atoms with E-state index in [1.54, 1.807) is 0 Å². The highest BCUT2D eigenvalue weighted by atomic mass is 16.3. The van der Waals surface area contributed by atoms with Gasteiger partial charge in [0.1, 0.15) is 0 Å². The van der Waals surface area contributed by atoms with Crippen LogP contribution in [0.2, 0.25) is 0 Å². The Morgan fingerprint density at radius 3 is 2.70 bits per heavy atom. The Hall–Kier alpha value is -0.0800. The number of nitrogens with zero attached hydrogens (tertiary/aromatic N) is 1. The topological polar surface area (TPSA) is 23.5 Å². The maximum absolute atomic E-state index is 9.53. The molecule has 0 aromatic carbocycles. The lowest BCUT2D eigenvalue weighted by atomic mass is 9.99. The van der Waals surface area contributed by atoms with Crippen LogP contribution in [0.3, 0.4) is 0 Å². The van der Waals surface area contributed by atoms with Crippen molar-refractivity contribution in [2.24, 2.45) is 5.92 Å². The summed E-state index contributed by atoms with van der Waals surface area (Å²) in [4.78, 5) is 2.43. The average molecular weight is 141 g/mol. The maximum Gasteiger partial charge on any atom is 0.0710 e. The van der Waals surface area contributed by atoms with Gasteiger partial charge >= 0.3 is 0 Å². The number of aliphatic hydroxyl groups is 1. The zero-order chi connectivity index (χ0) is 7.14. The van der Waals surface area contributed by atoms with Crippen molar-refractivity contribution in [3.8, 4) is 0 Å². The summed E-state index contributed by atoms with van der Waals surface area (Å²) < 4.78 is 0. The molecule has 0 aliphatic carbocycles. The molecule has 2 nitrogen and oxygen atoms in total. The Morgan fingerprint density at radius 2 is 2.00 bits per heavy atom. The predicted molar refractivity (Wildman–Crippen MR) is 39.8 cm³/mol. The third kappa shape index (κ3) is 0.789. The van der Waals surface area contributed by atoms with Gasteiger partial charge in [0.15, 0.2) is 0 Å². The molecule has 58 valence electrons. The highest BCUT2D eigenvalue weighted by Crippen LogP contribution is 2.32. The highest BCUT2D eigenvalue weighted by Gasteiger charge is 2.40. The van der Waals surface area contributed by atoms with E-state index in [9.17, 15) is 5.11 Å². The summed E-state index contributed by atoms with van der Waals surface area (Å²) in [7, 11) is 0. The molecule has 0 spiro atoms. The third-order valence-electron chi connectivity index (χ3n) is 2.98. The van der Waals surface area contributed by atoms with Crippen molar-refractivity contribution >= 4 is 0 Å². The van der Waals surface area contributed by atoms with Crippen LogP contribution in [0.1, 0.15) is 19.8 Å². The monoisotopic (exact) mass is 141 g/mol. The minimum absolute atomic E-state index is 0.0301. The van der Waals surface area contributed by atoms with Gasteiger partial charge in [0.25, 0.3) is 0 Å². The predicted octanol–water partition coefficient (Wildman–Crippen LogP) is 0.461. The summed E-state index contributed by atoms with van der Waals surface area (Å²) >= 11 is 0. The van der Waals surface area contributed by atoms with Crippen molar-refractivity contribution in [3.63, 3.8) is 0 Å². The lowest BCUT2D eigenvalue weighted by Crippen LogP contribution is -2.32. The van der Waals surface area contributed by atoms with E-state index in [-0.39, 0.29) is 6.10 Å². The standard InChI is InChI=1S/C8H15NO/c1-6-2-4-9-5-3-7(10)8(6)9/h6-8,10H,2-5H2,1H3/t6?,7-,8-/m1/s1. The Balaban J connectivity index is 2.11. The maximum atomic E-state index is 9.53. The van der Waals surface area contributed by atoms with Gasteiger partial charge in [0.05, 0.1) is 6.10 Å². The van der Waals surface area contributed by atoms with Crippen LogP contribution < -0.4 is 0 Å². The van der Waals surface area contributed by atoms with Crippen molar-refractivity contribution < 1.29 is 5.11 Å². The number of aliphatic hydroxyl groups excluding tert-OH is 1. The van der Waals surface area contributed by atoms with Crippen LogP contribution >= 0.6 is 0 Å². The van der Waals surface area contributed by atoms with Crippen LogP contribution in [0.15, 0.2) is 0 Å². The van der Waals surface area contributed by atoms with Gasteiger partial charge in [0.2, 0.25) is 0 Å². The lowest BCUT2D eigenvalue weighted by molar-refractivity contribution is 0.117. The van der Waals surface area contributed by atoms with Gasteiger partial charge in [-0.25, -0.2) is 0 Å². The largest absolute Gasteiger partial charge is 0.391 e. The minimum Gasteiger partial charge on any atom is -0.391 e. The van der Waals surface area contributed by atoms with E-state index in [4.69, 9.17) is 0 Å². The van der Waals surface area contributed by atoms with E-state index in [0.29, 0.717) is 6.04 Å². The number of rotatable bonds is 0. The Kier molecular flexibility index (Phi) is 1.46. The second-order valence-electron chi connectivity index (χ2n) is 3.65. The molecule has 2 rings (SSSR count). The Morgan fingerprint density at radius 1 is 1.30 bits per heavy atom. The van der Waals surface area contributed by atoms with Crippen molar-refractivity contribution in [2.75, 3.05) is 13.1 Å². The van der Waals surface area contributed by atoms with E-state index < -0.39 is 0 Å². The first-order valence-electron chi connectivity index (χ1n) is 4.21. The fourth-order valence-electron chi connectivity index (χ4n) is 2.40. The molecular formula is C8H15NO. The lowest BCUT2D eigenvalue weighted by Gasteiger charge is -2.19. The molecule has 2 heterocycles. The summed E-state index contributed by atoms with van der Waals surface area (Å²) in [5, 5.41) is 9.53. The molecule has 0 saturated carbocycles. The van der Waals surface area contributed by atoms with E-state index >= 15 is 0 Å². The van der Waals surface area contributed by atoms with Crippen LogP contribution in [-0.2, 0) is 0 Å². The molecule has 1 N–H and O–H groups in total. The quantitative estimate of drug-likeness (QED) is 0.530. The van der Waals surface area contributed by atoms with E-state index in [1.807, 2.05) is 0 Å².